The van der Waals surface area contributed by atoms with E-state index >= 15 is 0 Å². The van der Waals surface area contributed by atoms with Gasteiger partial charge in [0.1, 0.15) is 5.75 Å². The Labute approximate surface area is 141 Å². The van der Waals surface area contributed by atoms with Gasteiger partial charge in [0.05, 0.1) is 17.7 Å². The van der Waals surface area contributed by atoms with E-state index in [1.54, 1.807) is 24.3 Å². The molecule has 0 aliphatic rings. The molecule has 0 saturated heterocycles. The van der Waals surface area contributed by atoms with Crippen LogP contribution in [0.25, 0.3) is 0 Å². The molecular formula is C17H13ClF3NO2. The van der Waals surface area contributed by atoms with Crippen LogP contribution in [-0.2, 0) is 6.18 Å². The summed E-state index contributed by atoms with van der Waals surface area (Å²) in [6.45, 7) is 0. The van der Waals surface area contributed by atoms with Crippen LogP contribution in [0.5, 0.6) is 5.75 Å². The van der Waals surface area contributed by atoms with E-state index in [4.69, 9.17) is 16.3 Å². The lowest BCUT2D eigenvalue weighted by Crippen LogP contribution is -2.06. The van der Waals surface area contributed by atoms with Gasteiger partial charge in [-0.3, -0.25) is 4.79 Å². The molecule has 24 heavy (non-hydrogen) atoms. The van der Waals surface area contributed by atoms with Gasteiger partial charge in [-0.05, 0) is 42.5 Å². The molecule has 7 heteroatoms. The predicted octanol–water partition coefficient (Wildman–Crippen LogP) is 5.18. The molecule has 0 unspecified atom stereocenters. The van der Waals surface area contributed by atoms with Crippen LogP contribution < -0.4 is 10.1 Å². The van der Waals surface area contributed by atoms with Gasteiger partial charge >= 0.3 is 6.18 Å². The largest absolute Gasteiger partial charge is 0.497 e. The smallest absolute Gasteiger partial charge is 0.417 e. The number of carbonyl (C=O) groups is 1. The second-order valence-corrected chi connectivity index (χ2v) is 5.17. The topological polar surface area (TPSA) is 38.3 Å². The molecule has 0 aliphatic heterocycles. The number of methoxy groups -OCH3 is 1. The molecule has 1 N–H and O–H groups in total. The number of anilines is 1. The van der Waals surface area contributed by atoms with Gasteiger partial charge in [0.2, 0.25) is 0 Å². The number of allylic oxidation sites excluding steroid dienone is 1. The number of carbonyl (C=O) groups excluding carboxylic acids is 1. The van der Waals surface area contributed by atoms with Crippen molar-refractivity contribution in [3.63, 3.8) is 0 Å². The third-order valence-corrected chi connectivity index (χ3v) is 3.46. The van der Waals surface area contributed by atoms with E-state index in [1.807, 2.05) is 0 Å². The summed E-state index contributed by atoms with van der Waals surface area (Å²) >= 11 is 5.54. The summed E-state index contributed by atoms with van der Waals surface area (Å²) < 4.78 is 43.3. The van der Waals surface area contributed by atoms with Gasteiger partial charge in [0.15, 0.2) is 5.78 Å². The molecule has 0 atom stereocenters. The van der Waals surface area contributed by atoms with Crippen LogP contribution in [0, 0.1) is 0 Å². The number of ether oxygens (including phenoxy) is 1. The fourth-order valence-electron chi connectivity index (χ4n) is 1.90. The van der Waals surface area contributed by atoms with Crippen LogP contribution in [0.2, 0.25) is 5.02 Å². The van der Waals surface area contributed by atoms with Crippen molar-refractivity contribution in [3.8, 4) is 5.75 Å². The van der Waals surface area contributed by atoms with Crippen molar-refractivity contribution >= 4 is 23.1 Å². The van der Waals surface area contributed by atoms with E-state index in [2.05, 4.69) is 5.32 Å². The van der Waals surface area contributed by atoms with Gasteiger partial charge in [0, 0.05) is 23.5 Å². The zero-order valence-corrected chi connectivity index (χ0v) is 13.3. The molecule has 2 aromatic carbocycles. The van der Waals surface area contributed by atoms with Crippen LogP contribution in [0.1, 0.15) is 15.9 Å². The van der Waals surface area contributed by atoms with Crippen molar-refractivity contribution in [2.75, 3.05) is 12.4 Å². The van der Waals surface area contributed by atoms with Crippen molar-refractivity contribution in [1.29, 1.82) is 0 Å². The number of nitrogens with one attached hydrogen (secondary N) is 1. The van der Waals surface area contributed by atoms with Gasteiger partial charge in [-0.25, -0.2) is 0 Å². The molecule has 0 heterocycles. The number of alkyl halides is 3. The van der Waals surface area contributed by atoms with Crippen molar-refractivity contribution < 1.29 is 22.7 Å². The molecule has 0 fully saturated rings. The van der Waals surface area contributed by atoms with Crippen molar-refractivity contribution in [1.82, 2.24) is 0 Å². The van der Waals surface area contributed by atoms with Crippen LogP contribution in [-0.4, -0.2) is 12.9 Å². The van der Waals surface area contributed by atoms with E-state index in [0.29, 0.717) is 11.3 Å². The van der Waals surface area contributed by atoms with Crippen LogP contribution in [0.3, 0.4) is 0 Å². The van der Waals surface area contributed by atoms with Crippen molar-refractivity contribution in [2.24, 2.45) is 0 Å². The maximum Gasteiger partial charge on any atom is 0.417 e. The van der Waals surface area contributed by atoms with E-state index in [9.17, 15) is 18.0 Å². The maximum absolute atomic E-state index is 12.8. The molecule has 0 bridgehead atoms. The summed E-state index contributed by atoms with van der Waals surface area (Å²) in [5.41, 5.74) is -0.338. The number of ketones is 1. The molecule has 0 saturated carbocycles. The van der Waals surface area contributed by atoms with Crippen LogP contribution in [0.4, 0.5) is 18.9 Å². The highest BCUT2D eigenvalue weighted by Crippen LogP contribution is 2.36. The first-order valence-electron chi connectivity index (χ1n) is 6.79. The average Bonchev–Trinajstić information content (AvgIpc) is 2.55. The Balaban J connectivity index is 2.07. The Morgan fingerprint density at radius 2 is 1.83 bits per heavy atom. The normalized spacial score (nSPS) is 11.5. The minimum absolute atomic E-state index is 0.172. The lowest BCUT2D eigenvalue weighted by molar-refractivity contribution is -0.137. The monoisotopic (exact) mass is 355 g/mol. The third-order valence-electron chi connectivity index (χ3n) is 3.13. The second-order valence-electron chi connectivity index (χ2n) is 4.76. The third kappa shape index (κ3) is 4.52. The molecule has 0 aliphatic carbocycles. The van der Waals surface area contributed by atoms with Crippen LogP contribution >= 0.6 is 11.6 Å². The summed E-state index contributed by atoms with van der Waals surface area (Å²) in [6, 6.07) is 9.88. The Bertz CT molecular complexity index is 755. The lowest BCUT2D eigenvalue weighted by atomic mass is 10.1. The molecular weight excluding hydrogens is 343 g/mol. The van der Waals surface area contributed by atoms with Crippen LogP contribution in [0.15, 0.2) is 54.7 Å². The molecule has 2 aromatic rings. The summed E-state index contributed by atoms with van der Waals surface area (Å²) in [5, 5.41) is 2.24. The number of hydrogen-bond donors (Lipinski definition) is 1. The second kappa shape index (κ2) is 7.40. The summed E-state index contributed by atoms with van der Waals surface area (Å²) in [6.07, 6.45) is -2.04. The molecule has 2 rings (SSSR count). The van der Waals surface area contributed by atoms with E-state index < -0.39 is 11.7 Å². The Morgan fingerprint density at radius 3 is 2.42 bits per heavy atom. The standard InChI is InChI=1S/C17H13ClF3NO2/c1-24-13-5-2-11(3-6-13)16(23)8-9-22-12-4-7-15(18)14(10-12)17(19,20)21/h2-10,22H,1H3. The lowest BCUT2D eigenvalue weighted by Gasteiger charge is -2.10. The molecule has 0 spiro atoms. The Morgan fingerprint density at radius 1 is 1.17 bits per heavy atom. The fourth-order valence-corrected chi connectivity index (χ4v) is 2.12. The Kier molecular flexibility index (Phi) is 5.51. The number of rotatable bonds is 5. The van der Waals surface area contributed by atoms with Crippen molar-refractivity contribution in [2.45, 2.75) is 6.18 Å². The van der Waals surface area contributed by atoms with Gasteiger partial charge in [-0.15, -0.1) is 0 Å². The minimum Gasteiger partial charge on any atom is -0.497 e. The SMILES string of the molecule is COc1ccc(C(=O)C=CNc2ccc(Cl)c(C(F)(F)F)c2)cc1. The first-order chi connectivity index (χ1) is 11.3. The van der Waals surface area contributed by atoms with Gasteiger partial charge in [-0.2, -0.15) is 13.2 Å². The van der Waals surface area contributed by atoms with Gasteiger partial charge in [0.25, 0.3) is 0 Å². The summed E-state index contributed by atoms with van der Waals surface area (Å²) in [5.74, 6) is 0.324. The van der Waals surface area contributed by atoms with E-state index in [1.165, 1.54) is 25.5 Å². The number of halogens is 4. The highest BCUT2D eigenvalue weighted by Gasteiger charge is 2.33. The number of hydrogen-bond acceptors (Lipinski definition) is 3. The maximum atomic E-state index is 12.8. The molecule has 0 amide bonds. The van der Waals surface area contributed by atoms with Gasteiger partial charge in [-0.1, -0.05) is 11.6 Å². The number of benzene rings is 2. The highest BCUT2D eigenvalue weighted by molar-refractivity contribution is 6.31. The zero-order valence-electron chi connectivity index (χ0n) is 12.5. The van der Waals surface area contributed by atoms with E-state index in [0.717, 1.165) is 12.1 Å². The predicted molar refractivity (Wildman–Crippen MR) is 86.5 cm³/mol. The van der Waals surface area contributed by atoms with Crippen molar-refractivity contribution in [3.05, 3.63) is 70.9 Å². The first-order valence-corrected chi connectivity index (χ1v) is 7.17. The average molecular weight is 356 g/mol. The summed E-state index contributed by atoms with van der Waals surface area (Å²) in [4.78, 5) is 11.9. The molecule has 0 radical (unpaired) electrons. The Hall–Kier alpha value is -2.47. The van der Waals surface area contributed by atoms with E-state index in [-0.39, 0.29) is 16.5 Å². The summed E-state index contributed by atoms with van der Waals surface area (Å²) in [7, 11) is 1.52. The fraction of sp³-hybridized carbons (Fsp3) is 0.118. The minimum atomic E-state index is -4.54. The highest BCUT2D eigenvalue weighted by atomic mass is 35.5. The quantitative estimate of drug-likeness (QED) is 0.593. The molecule has 126 valence electrons. The van der Waals surface area contributed by atoms with Gasteiger partial charge < -0.3 is 10.1 Å². The molecule has 3 nitrogen and oxygen atoms in total. The molecule has 0 aromatic heterocycles. The zero-order chi connectivity index (χ0) is 17.7. The first kappa shape index (κ1) is 17.9.